The lowest BCUT2D eigenvalue weighted by Gasteiger charge is -2.19. The normalized spacial score (nSPS) is 12.6. The van der Waals surface area contributed by atoms with Gasteiger partial charge in [0.1, 0.15) is 5.75 Å². The van der Waals surface area contributed by atoms with Crippen molar-refractivity contribution in [1.82, 2.24) is 0 Å². The smallest absolute Gasteiger partial charge is 0.171 e. The summed E-state index contributed by atoms with van der Waals surface area (Å²) in [6.45, 7) is 8.54. The highest BCUT2D eigenvalue weighted by molar-refractivity contribution is 6.01. The van der Waals surface area contributed by atoms with Crippen molar-refractivity contribution in [3.8, 4) is 5.75 Å². The predicted octanol–water partition coefficient (Wildman–Crippen LogP) is 3.12. The van der Waals surface area contributed by atoms with Crippen LogP contribution in [0.1, 0.15) is 41.8 Å². The van der Waals surface area contributed by atoms with E-state index in [9.17, 15) is 4.79 Å². The molecule has 1 atom stereocenters. The van der Waals surface area contributed by atoms with Crippen LogP contribution in [0.15, 0.2) is 12.1 Å². The number of aryl methyl sites for hydroxylation is 2. The van der Waals surface area contributed by atoms with Gasteiger partial charge in [-0.05, 0) is 43.4 Å². The molecule has 0 saturated heterocycles. The quantitative estimate of drug-likeness (QED) is 0.802. The fourth-order valence-electron chi connectivity index (χ4n) is 2.49. The van der Waals surface area contributed by atoms with E-state index in [4.69, 9.17) is 10.5 Å². The van der Waals surface area contributed by atoms with E-state index in [2.05, 4.69) is 13.8 Å². The SMILES string of the molecule is COc1cc(C)cc(C)c1C(=O)C(CN)CC(C)C. The summed E-state index contributed by atoms with van der Waals surface area (Å²) in [6, 6.07) is 3.92. The number of ketones is 1. The molecule has 0 amide bonds. The molecule has 1 rings (SSSR count). The van der Waals surface area contributed by atoms with Gasteiger partial charge in [-0.3, -0.25) is 4.79 Å². The molecule has 0 bridgehead atoms. The molecule has 0 saturated carbocycles. The maximum atomic E-state index is 12.7. The number of ether oxygens (including phenoxy) is 1. The second-order valence-corrected chi connectivity index (χ2v) is 5.59. The molecule has 0 aliphatic heterocycles. The van der Waals surface area contributed by atoms with Gasteiger partial charge in [0.2, 0.25) is 0 Å². The lowest BCUT2D eigenvalue weighted by Crippen LogP contribution is -2.26. The molecule has 0 aliphatic carbocycles. The minimum Gasteiger partial charge on any atom is -0.496 e. The van der Waals surface area contributed by atoms with Crippen LogP contribution >= 0.6 is 0 Å². The van der Waals surface area contributed by atoms with Gasteiger partial charge in [0.15, 0.2) is 5.78 Å². The number of nitrogens with two attached hydrogens (primary N) is 1. The molecular formula is C16H25NO2. The number of methoxy groups -OCH3 is 1. The topological polar surface area (TPSA) is 52.3 Å². The van der Waals surface area contributed by atoms with E-state index in [-0.39, 0.29) is 11.7 Å². The molecule has 0 fully saturated rings. The van der Waals surface area contributed by atoms with Crippen LogP contribution < -0.4 is 10.5 Å². The maximum Gasteiger partial charge on any atom is 0.171 e. The second kappa shape index (κ2) is 6.71. The minimum absolute atomic E-state index is 0.102. The van der Waals surface area contributed by atoms with Crippen LogP contribution in [0.25, 0.3) is 0 Å². The number of hydrogen-bond acceptors (Lipinski definition) is 3. The lowest BCUT2D eigenvalue weighted by atomic mass is 9.87. The predicted molar refractivity (Wildman–Crippen MR) is 78.8 cm³/mol. The summed E-state index contributed by atoms with van der Waals surface area (Å²) < 4.78 is 5.37. The van der Waals surface area contributed by atoms with Gasteiger partial charge < -0.3 is 10.5 Å². The van der Waals surface area contributed by atoms with E-state index in [0.29, 0.717) is 23.8 Å². The van der Waals surface area contributed by atoms with Crippen LogP contribution in [0.3, 0.4) is 0 Å². The first kappa shape index (κ1) is 15.7. The maximum absolute atomic E-state index is 12.7. The molecule has 0 spiro atoms. The van der Waals surface area contributed by atoms with Crippen molar-refractivity contribution in [2.24, 2.45) is 17.6 Å². The molecule has 3 heteroatoms. The third-order valence-electron chi connectivity index (χ3n) is 3.32. The van der Waals surface area contributed by atoms with E-state index in [1.165, 1.54) is 0 Å². The number of hydrogen-bond donors (Lipinski definition) is 1. The molecular weight excluding hydrogens is 238 g/mol. The molecule has 3 nitrogen and oxygen atoms in total. The lowest BCUT2D eigenvalue weighted by molar-refractivity contribution is 0.0905. The summed E-state index contributed by atoms with van der Waals surface area (Å²) >= 11 is 0. The van der Waals surface area contributed by atoms with E-state index in [0.717, 1.165) is 17.5 Å². The Balaban J connectivity index is 3.17. The molecule has 0 heterocycles. The van der Waals surface area contributed by atoms with Crippen molar-refractivity contribution in [2.45, 2.75) is 34.1 Å². The van der Waals surface area contributed by atoms with Gasteiger partial charge in [0.05, 0.1) is 12.7 Å². The Morgan fingerprint density at radius 1 is 1.32 bits per heavy atom. The van der Waals surface area contributed by atoms with Crippen LogP contribution in [0.2, 0.25) is 0 Å². The zero-order chi connectivity index (χ0) is 14.6. The number of carbonyl (C=O) groups is 1. The number of carbonyl (C=O) groups excluding carboxylic acids is 1. The van der Waals surface area contributed by atoms with Gasteiger partial charge in [0.25, 0.3) is 0 Å². The van der Waals surface area contributed by atoms with Crippen LogP contribution in [0.4, 0.5) is 0 Å². The molecule has 1 aromatic carbocycles. The molecule has 1 unspecified atom stereocenters. The Morgan fingerprint density at radius 2 is 1.95 bits per heavy atom. The third-order valence-corrected chi connectivity index (χ3v) is 3.32. The monoisotopic (exact) mass is 263 g/mol. The fraction of sp³-hybridized carbons (Fsp3) is 0.562. The summed E-state index contributed by atoms with van der Waals surface area (Å²) in [5.41, 5.74) is 8.51. The summed E-state index contributed by atoms with van der Waals surface area (Å²) in [5, 5.41) is 0. The highest BCUT2D eigenvalue weighted by atomic mass is 16.5. The van der Waals surface area contributed by atoms with Gasteiger partial charge >= 0.3 is 0 Å². The van der Waals surface area contributed by atoms with Crippen LogP contribution in [-0.4, -0.2) is 19.4 Å². The summed E-state index contributed by atoms with van der Waals surface area (Å²) in [5.74, 6) is 1.08. The zero-order valence-electron chi connectivity index (χ0n) is 12.6. The highest BCUT2D eigenvalue weighted by Gasteiger charge is 2.24. The van der Waals surface area contributed by atoms with Crippen LogP contribution in [0, 0.1) is 25.7 Å². The zero-order valence-corrected chi connectivity index (χ0v) is 12.6. The van der Waals surface area contributed by atoms with E-state index in [1.807, 2.05) is 26.0 Å². The Kier molecular flexibility index (Phi) is 5.55. The first-order valence-corrected chi connectivity index (χ1v) is 6.80. The fourth-order valence-corrected chi connectivity index (χ4v) is 2.49. The summed E-state index contributed by atoms with van der Waals surface area (Å²) in [7, 11) is 1.60. The standard InChI is InChI=1S/C16H25NO2/c1-10(2)6-13(9-17)16(18)15-12(4)7-11(3)8-14(15)19-5/h7-8,10,13H,6,9,17H2,1-5H3. The highest BCUT2D eigenvalue weighted by Crippen LogP contribution is 2.28. The third kappa shape index (κ3) is 3.80. The average Bonchev–Trinajstić information content (AvgIpc) is 2.33. The van der Waals surface area contributed by atoms with Gasteiger partial charge in [-0.1, -0.05) is 19.9 Å². The van der Waals surface area contributed by atoms with Crippen LogP contribution in [0.5, 0.6) is 5.75 Å². The number of Topliss-reactive ketones (excluding diaryl/α,β-unsaturated/α-hetero) is 1. The summed E-state index contributed by atoms with van der Waals surface area (Å²) in [6.07, 6.45) is 0.811. The molecule has 2 N–H and O–H groups in total. The number of benzene rings is 1. The number of rotatable bonds is 6. The molecule has 0 aromatic heterocycles. The van der Waals surface area contributed by atoms with Crippen molar-refractivity contribution in [3.63, 3.8) is 0 Å². The molecule has 106 valence electrons. The van der Waals surface area contributed by atoms with Crippen molar-refractivity contribution in [1.29, 1.82) is 0 Å². The van der Waals surface area contributed by atoms with E-state index < -0.39 is 0 Å². The Morgan fingerprint density at radius 3 is 2.42 bits per heavy atom. The van der Waals surface area contributed by atoms with Crippen molar-refractivity contribution >= 4 is 5.78 Å². The van der Waals surface area contributed by atoms with Gasteiger partial charge in [-0.2, -0.15) is 0 Å². The second-order valence-electron chi connectivity index (χ2n) is 5.59. The first-order chi connectivity index (χ1) is 8.90. The van der Waals surface area contributed by atoms with E-state index >= 15 is 0 Å². The Labute approximate surface area is 116 Å². The van der Waals surface area contributed by atoms with Gasteiger partial charge in [0, 0.05) is 12.5 Å². The first-order valence-electron chi connectivity index (χ1n) is 6.80. The van der Waals surface area contributed by atoms with Gasteiger partial charge in [-0.25, -0.2) is 0 Å². The summed E-state index contributed by atoms with van der Waals surface area (Å²) in [4.78, 5) is 12.7. The van der Waals surface area contributed by atoms with Crippen molar-refractivity contribution in [3.05, 3.63) is 28.8 Å². The minimum atomic E-state index is -0.129. The Hall–Kier alpha value is -1.35. The average molecular weight is 263 g/mol. The van der Waals surface area contributed by atoms with Crippen molar-refractivity contribution in [2.75, 3.05) is 13.7 Å². The van der Waals surface area contributed by atoms with Crippen molar-refractivity contribution < 1.29 is 9.53 Å². The van der Waals surface area contributed by atoms with Crippen LogP contribution in [-0.2, 0) is 0 Å². The van der Waals surface area contributed by atoms with E-state index in [1.54, 1.807) is 7.11 Å². The molecule has 19 heavy (non-hydrogen) atoms. The Bertz CT molecular complexity index is 452. The molecule has 0 radical (unpaired) electrons. The largest absolute Gasteiger partial charge is 0.496 e. The molecule has 1 aromatic rings. The van der Waals surface area contributed by atoms with Gasteiger partial charge in [-0.15, -0.1) is 0 Å². The molecule has 0 aliphatic rings.